The molecule has 4 unspecified atom stereocenters. The minimum atomic E-state index is -0.204. The molecule has 0 spiro atoms. The third-order valence-corrected chi connectivity index (χ3v) is 4.88. The van der Waals surface area contributed by atoms with Gasteiger partial charge in [-0.2, -0.15) is 0 Å². The van der Waals surface area contributed by atoms with E-state index in [-0.39, 0.29) is 6.10 Å². The summed E-state index contributed by atoms with van der Waals surface area (Å²) in [5.74, 6) is 2.67. The standard InChI is InChI=1S/C16H23NO/c1-11-2-5-15(17-10-11)9-16(18)8-14-7-12-3-4-13(14)6-12/h2,5,10,12-14,16,18H,3-4,6-9H2,1H3. The molecule has 0 saturated heterocycles. The molecule has 2 saturated carbocycles. The Morgan fingerprint density at radius 1 is 1.33 bits per heavy atom. The molecule has 3 rings (SSSR count). The molecule has 0 aliphatic heterocycles. The molecule has 2 aliphatic rings. The number of aryl methyl sites for hydroxylation is 1. The monoisotopic (exact) mass is 245 g/mol. The molecular weight excluding hydrogens is 222 g/mol. The van der Waals surface area contributed by atoms with Crippen LogP contribution in [-0.4, -0.2) is 16.2 Å². The third kappa shape index (κ3) is 2.59. The molecule has 2 nitrogen and oxygen atoms in total. The zero-order chi connectivity index (χ0) is 12.5. The zero-order valence-corrected chi connectivity index (χ0v) is 11.2. The Labute approximate surface area is 109 Å². The molecular formula is C16H23NO. The van der Waals surface area contributed by atoms with E-state index >= 15 is 0 Å². The van der Waals surface area contributed by atoms with Crippen LogP contribution < -0.4 is 0 Å². The molecule has 98 valence electrons. The van der Waals surface area contributed by atoms with Crippen LogP contribution in [0.15, 0.2) is 18.3 Å². The highest BCUT2D eigenvalue weighted by Gasteiger charge is 2.39. The van der Waals surface area contributed by atoms with Gasteiger partial charge in [0.25, 0.3) is 0 Å². The number of aliphatic hydroxyl groups excluding tert-OH is 1. The lowest BCUT2D eigenvalue weighted by atomic mass is 9.84. The van der Waals surface area contributed by atoms with Crippen molar-refractivity contribution in [3.63, 3.8) is 0 Å². The van der Waals surface area contributed by atoms with Gasteiger partial charge in [0.05, 0.1) is 6.10 Å². The summed E-state index contributed by atoms with van der Waals surface area (Å²) in [5.41, 5.74) is 2.21. The van der Waals surface area contributed by atoms with Gasteiger partial charge in [-0.3, -0.25) is 4.98 Å². The van der Waals surface area contributed by atoms with Crippen molar-refractivity contribution in [3.8, 4) is 0 Å². The molecule has 1 N–H and O–H groups in total. The first-order chi connectivity index (χ1) is 8.70. The Morgan fingerprint density at radius 3 is 2.83 bits per heavy atom. The van der Waals surface area contributed by atoms with Gasteiger partial charge in [0, 0.05) is 18.3 Å². The second-order valence-electron chi connectivity index (χ2n) is 6.36. The summed E-state index contributed by atoms with van der Waals surface area (Å²) in [6.45, 7) is 2.04. The van der Waals surface area contributed by atoms with Crippen molar-refractivity contribution in [1.29, 1.82) is 0 Å². The Balaban J connectivity index is 1.52. The number of hydrogen-bond donors (Lipinski definition) is 1. The van der Waals surface area contributed by atoms with E-state index in [1.165, 1.54) is 31.2 Å². The maximum absolute atomic E-state index is 10.2. The smallest absolute Gasteiger partial charge is 0.0598 e. The molecule has 0 radical (unpaired) electrons. The maximum atomic E-state index is 10.2. The summed E-state index contributed by atoms with van der Waals surface area (Å²) in [6, 6.07) is 4.12. The lowest BCUT2D eigenvalue weighted by Crippen LogP contribution is -2.20. The lowest BCUT2D eigenvalue weighted by molar-refractivity contribution is 0.124. The van der Waals surface area contributed by atoms with Crippen molar-refractivity contribution in [1.82, 2.24) is 4.98 Å². The van der Waals surface area contributed by atoms with E-state index in [2.05, 4.69) is 11.1 Å². The number of fused-ring (bicyclic) bond motifs is 2. The van der Waals surface area contributed by atoms with E-state index in [1.807, 2.05) is 19.2 Å². The first kappa shape index (κ1) is 12.2. The highest BCUT2D eigenvalue weighted by Crippen LogP contribution is 2.49. The highest BCUT2D eigenvalue weighted by molar-refractivity contribution is 5.12. The van der Waals surface area contributed by atoms with Crippen molar-refractivity contribution < 1.29 is 5.11 Å². The topological polar surface area (TPSA) is 33.1 Å². The average Bonchev–Trinajstić information content (AvgIpc) is 2.94. The minimum Gasteiger partial charge on any atom is -0.393 e. The molecule has 0 aromatic carbocycles. The van der Waals surface area contributed by atoms with Gasteiger partial charge in [0.2, 0.25) is 0 Å². The van der Waals surface area contributed by atoms with Crippen molar-refractivity contribution in [2.45, 2.75) is 51.6 Å². The fourth-order valence-electron chi connectivity index (χ4n) is 3.96. The lowest BCUT2D eigenvalue weighted by Gasteiger charge is -2.24. The van der Waals surface area contributed by atoms with Crippen LogP contribution in [0.2, 0.25) is 0 Å². The van der Waals surface area contributed by atoms with Gasteiger partial charge in [-0.15, -0.1) is 0 Å². The van der Waals surface area contributed by atoms with Crippen molar-refractivity contribution in [3.05, 3.63) is 29.6 Å². The molecule has 18 heavy (non-hydrogen) atoms. The summed E-state index contributed by atoms with van der Waals surface area (Å²) < 4.78 is 0. The van der Waals surface area contributed by atoms with Crippen LogP contribution in [0.25, 0.3) is 0 Å². The van der Waals surface area contributed by atoms with Crippen molar-refractivity contribution >= 4 is 0 Å². The van der Waals surface area contributed by atoms with Gasteiger partial charge in [0.15, 0.2) is 0 Å². The predicted octanol–water partition coefficient (Wildman–Crippen LogP) is 3.12. The quantitative estimate of drug-likeness (QED) is 0.884. The summed E-state index contributed by atoms with van der Waals surface area (Å²) in [5, 5.41) is 10.2. The number of aliphatic hydroxyl groups is 1. The molecule has 2 aliphatic carbocycles. The fourth-order valence-corrected chi connectivity index (χ4v) is 3.96. The second kappa shape index (κ2) is 5.00. The van der Waals surface area contributed by atoms with Gasteiger partial charge >= 0.3 is 0 Å². The third-order valence-electron chi connectivity index (χ3n) is 4.88. The first-order valence-electron chi connectivity index (χ1n) is 7.30. The van der Waals surface area contributed by atoms with E-state index in [0.717, 1.165) is 29.9 Å². The predicted molar refractivity (Wildman–Crippen MR) is 72.2 cm³/mol. The fraction of sp³-hybridized carbons (Fsp3) is 0.688. The molecule has 2 bridgehead atoms. The van der Waals surface area contributed by atoms with Crippen LogP contribution >= 0.6 is 0 Å². The van der Waals surface area contributed by atoms with E-state index < -0.39 is 0 Å². The summed E-state index contributed by atoms with van der Waals surface area (Å²) in [4.78, 5) is 4.38. The van der Waals surface area contributed by atoms with E-state index in [1.54, 1.807) is 0 Å². The zero-order valence-electron chi connectivity index (χ0n) is 11.2. The van der Waals surface area contributed by atoms with E-state index in [4.69, 9.17) is 0 Å². The SMILES string of the molecule is Cc1ccc(CC(O)CC2CC3CCC2C3)nc1. The van der Waals surface area contributed by atoms with Crippen LogP contribution in [0, 0.1) is 24.7 Å². The molecule has 2 fully saturated rings. The molecule has 1 heterocycles. The highest BCUT2D eigenvalue weighted by atomic mass is 16.3. The van der Waals surface area contributed by atoms with Crippen LogP contribution in [-0.2, 0) is 6.42 Å². The average molecular weight is 245 g/mol. The maximum Gasteiger partial charge on any atom is 0.0598 e. The van der Waals surface area contributed by atoms with Crippen molar-refractivity contribution in [2.75, 3.05) is 0 Å². The molecule has 1 aromatic heterocycles. The Hall–Kier alpha value is -0.890. The Morgan fingerprint density at radius 2 is 2.22 bits per heavy atom. The molecule has 2 heteroatoms. The van der Waals surface area contributed by atoms with Crippen molar-refractivity contribution in [2.24, 2.45) is 17.8 Å². The Kier molecular flexibility index (Phi) is 3.38. The molecule has 4 atom stereocenters. The Bertz CT molecular complexity index is 400. The minimum absolute atomic E-state index is 0.204. The summed E-state index contributed by atoms with van der Waals surface area (Å²) >= 11 is 0. The normalized spacial score (nSPS) is 31.8. The number of hydrogen-bond acceptors (Lipinski definition) is 2. The van der Waals surface area contributed by atoms with Crippen LogP contribution in [0.4, 0.5) is 0 Å². The summed E-state index contributed by atoms with van der Waals surface area (Å²) in [7, 11) is 0. The van der Waals surface area contributed by atoms with Crippen LogP contribution in [0.5, 0.6) is 0 Å². The second-order valence-corrected chi connectivity index (χ2v) is 6.36. The van der Waals surface area contributed by atoms with Gasteiger partial charge < -0.3 is 5.11 Å². The van der Waals surface area contributed by atoms with Gasteiger partial charge in [-0.05, 0) is 62.0 Å². The molecule has 0 amide bonds. The number of pyridine rings is 1. The van der Waals surface area contributed by atoms with Crippen LogP contribution in [0.1, 0.15) is 43.4 Å². The van der Waals surface area contributed by atoms with E-state index in [0.29, 0.717) is 6.42 Å². The van der Waals surface area contributed by atoms with Gasteiger partial charge in [-0.25, -0.2) is 0 Å². The van der Waals surface area contributed by atoms with E-state index in [9.17, 15) is 5.11 Å². The number of rotatable bonds is 4. The number of aromatic nitrogens is 1. The van der Waals surface area contributed by atoms with Crippen LogP contribution in [0.3, 0.4) is 0 Å². The van der Waals surface area contributed by atoms with Gasteiger partial charge in [-0.1, -0.05) is 12.5 Å². The first-order valence-corrected chi connectivity index (χ1v) is 7.30. The summed E-state index contributed by atoms with van der Waals surface area (Å²) in [6.07, 6.45) is 9.03. The van der Waals surface area contributed by atoms with Gasteiger partial charge in [0.1, 0.15) is 0 Å². The molecule has 1 aromatic rings. The number of nitrogens with zero attached hydrogens (tertiary/aromatic N) is 1. The largest absolute Gasteiger partial charge is 0.393 e.